The number of hydrogen-bond acceptors (Lipinski definition) is 6. The molecule has 0 spiro atoms. The van der Waals surface area contributed by atoms with Crippen LogP contribution in [0, 0.1) is 6.92 Å². The van der Waals surface area contributed by atoms with Gasteiger partial charge in [0, 0.05) is 59.7 Å². The highest BCUT2D eigenvalue weighted by Gasteiger charge is 2.18. The molecule has 1 aliphatic heterocycles. The predicted octanol–water partition coefficient (Wildman–Crippen LogP) is 4.63. The number of morpholine rings is 1. The number of carbonyl (C=O) groups excluding carboxylic acids is 2. The smallest absolute Gasteiger partial charge is 0.323 e. The number of pyridine rings is 1. The number of hydrogen-bond donors (Lipinski definition) is 2. The number of rotatable bonds is 5. The standard InChI is InChI=1S/C28H26N6O3/c1-19-18-30-26(33-25(19)20-10-12-29-13-11-20)21-2-6-23(7-3-21)31-28(36)32-24-8-4-22(5-9-24)27(35)34-14-16-37-17-15-34/h2-13,18H,14-17H2,1H3,(H2,31,32,36). The summed E-state index contributed by atoms with van der Waals surface area (Å²) in [5, 5.41) is 5.61. The number of benzene rings is 2. The minimum atomic E-state index is -0.383. The van der Waals surface area contributed by atoms with Gasteiger partial charge in [0.2, 0.25) is 0 Å². The normalized spacial score (nSPS) is 13.2. The molecule has 3 heterocycles. The maximum atomic E-state index is 12.6. The molecule has 2 N–H and O–H groups in total. The molecule has 3 amide bonds. The first-order valence-electron chi connectivity index (χ1n) is 12.0. The molecular formula is C28H26N6O3. The van der Waals surface area contributed by atoms with Crippen molar-refractivity contribution in [3.05, 3.63) is 90.4 Å². The van der Waals surface area contributed by atoms with Crippen molar-refractivity contribution in [2.45, 2.75) is 6.92 Å². The predicted molar refractivity (Wildman–Crippen MR) is 141 cm³/mol. The van der Waals surface area contributed by atoms with Crippen molar-refractivity contribution in [3.63, 3.8) is 0 Å². The molecule has 1 aliphatic rings. The minimum absolute atomic E-state index is 0.0372. The third-order valence-electron chi connectivity index (χ3n) is 6.01. The molecule has 9 nitrogen and oxygen atoms in total. The average molecular weight is 495 g/mol. The van der Waals surface area contributed by atoms with Gasteiger partial charge in [-0.1, -0.05) is 0 Å². The van der Waals surface area contributed by atoms with Gasteiger partial charge in [0.25, 0.3) is 5.91 Å². The number of amides is 3. The molecule has 5 rings (SSSR count). The van der Waals surface area contributed by atoms with E-state index in [0.717, 1.165) is 22.4 Å². The fraction of sp³-hybridized carbons (Fsp3) is 0.179. The molecule has 2 aromatic carbocycles. The van der Waals surface area contributed by atoms with Crippen LogP contribution in [-0.2, 0) is 4.74 Å². The summed E-state index contributed by atoms with van der Waals surface area (Å²) in [6, 6.07) is 17.6. The van der Waals surface area contributed by atoms with Crippen molar-refractivity contribution in [2.75, 3.05) is 36.9 Å². The second kappa shape index (κ2) is 11.0. The molecule has 1 fully saturated rings. The van der Waals surface area contributed by atoms with Crippen LogP contribution in [0.3, 0.4) is 0 Å². The maximum Gasteiger partial charge on any atom is 0.323 e. The van der Waals surface area contributed by atoms with Crippen molar-refractivity contribution in [3.8, 4) is 22.6 Å². The van der Waals surface area contributed by atoms with Crippen LogP contribution in [0.2, 0.25) is 0 Å². The number of carbonyl (C=O) groups is 2. The van der Waals surface area contributed by atoms with Crippen molar-refractivity contribution in [1.82, 2.24) is 19.9 Å². The van der Waals surface area contributed by atoms with E-state index in [2.05, 4.69) is 20.6 Å². The van der Waals surface area contributed by atoms with E-state index in [0.29, 0.717) is 49.1 Å². The van der Waals surface area contributed by atoms with E-state index in [4.69, 9.17) is 9.72 Å². The lowest BCUT2D eigenvalue weighted by atomic mass is 10.1. The highest BCUT2D eigenvalue weighted by molar-refractivity contribution is 6.00. The lowest BCUT2D eigenvalue weighted by Crippen LogP contribution is -2.40. The number of aromatic nitrogens is 3. The first kappa shape index (κ1) is 24.1. The number of nitrogens with one attached hydrogen (secondary N) is 2. The van der Waals surface area contributed by atoms with E-state index in [1.807, 2.05) is 31.2 Å². The van der Waals surface area contributed by atoms with Gasteiger partial charge in [-0.3, -0.25) is 9.78 Å². The number of nitrogens with zero attached hydrogens (tertiary/aromatic N) is 4. The minimum Gasteiger partial charge on any atom is -0.378 e. The monoisotopic (exact) mass is 494 g/mol. The molecule has 1 saturated heterocycles. The Kier molecular flexibility index (Phi) is 7.14. The fourth-order valence-corrected chi connectivity index (χ4v) is 4.02. The maximum absolute atomic E-state index is 12.6. The van der Waals surface area contributed by atoms with E-state index >= 15 is 0 Å². The Morgan fingerprint density at radius 1 is 0.838 bits per heavy atom. The Balaban J connectivity index is 1.20. The summed E-state index contributed by atoms with van der Waals surface area (Å²) >= 11 is 0. The third-order valence-corrected chi connectivity index (χ3v) is 6.01. The van der Waals surface area contributed by atoms with E-state index in [9.17, 15) is 9.59 Å². The Hall–Kier alpha value is -4.63. The third kappa shape index (κ3) is 5.79. The van der Waals surface area contributed by atoms with Gasteiger partial charge in [0.1, 0.15) is 0 Å². The number of urea groups is 1. The zero-order valence-electron chi connectivity index (χ0n) is 20.3. The van der Waals surface area contributed by atoms with Crippen LogP contribution in [0.4, 0.5) is 16.2 Å². The van der Waals surface area contributed by atoms with E-state index in [-0.39, 0.29) is 11.9 Å². The Bertz CT molecular complexity index is 1390. The molecular weight excluding hydrogens is 468 g/mol. The Labute approximate surface area is 214 Å². The zero-order valence-corrected chi connectivity index (χ0v) is 20.3. The van der Waals surface area contributed by atoms with Crippen LogP contribution in [0.5, 0.6) is 0 Å². The molecule has 0 radical (unpaired) electrons. The summed E-state index contributed by atoms with van der Waals surface area (Å²) in [5.74, 6) is 0.560. The van der Waals surface area contributed by atoms with Crippen molar-refractivity contribution >= 4 is 23.3 Å². The molecule has 0 bridgehead atoms. The van der Waals surface area contributed by atoms with Crippen molar-refractivity contribution in [2.24, 2.45) is 0 Å². The SMILES string of the molecule is Cc1cnc(-c2ccc(NC(=O)Nc3ccc(C(=O)N4CCOCC4)cc3)cc2)nc1-c1ccncc1. The zero-order chi connectivity index (χ0) is 25.6. The van der Waals surface area contributed by atoms with E-state index in [1.165, 1.54) is 0 Å². The lowest BCUT2D eigenvalue weighted by Gasteiger charge is -2.26. The van der Waals surface area contributed by atoms with Crippen LogP contribution in [0.25, 0.3) is 22.6 Å². The summed E-state index contributed by atoms with van der Waals surface area (Å²) in [4.78, 5) is 40.1. The number of anilines is 2. The van der Waals surface area contributed by atoms with Crippen molar-refractivity contribution < 1.29 is 14.3 Å². The summed E-state index contributed by atoms with van der Waals surface area (Å²) in [6.07, 6.45) is 5.28. The second-order valence-electron chi connectivity index (χ2n) is 8.60. The van der Waals surface area contributed by atoms with Gasteiger partial charge >= 0.3 is 6.03 Å². The molecule has 0 saturated carbocycles. The van der Waals surface area contributed by atoms with Crippen LogP contribution < -0.4 is 10.6 Å². The van der Waals surface area contributed by atoms with Gasteiger partial charge < -0.3 is 20.3 Å². The second-order valence-corrected chi connectivity index (χ2v) is 8.60. The fourth-order valence-electron chi connectivity index (χ4n) is 4.02. The number of ether oxygens (including phenoxy) is 1. The molecule has 2 aromatic heterocycles. The quantitative estimate of drug-likeness (QED) is 0.419. The van der Waals surface area contributed by atoms with Crippen LogP contribution in [0.1, 0.15) is 15.9 Å². The molecule has 4 aromatic rings. The van der Waals surface area contributed by atoms with E-state index < -0.39 is 0 Å². The first-order chi connectivity index (χ1) is 18.1. The van der Waals surface area contributed by atoms with Crippen LogP contribution in [0.15, 0.2) is 79.3 Å². The molecule has 186 valence electrons. The van der Waals surface area contributed by atoms with Crippen LogP contribution >= 0.6 is 0 Å². The number of aryl methyl sites for hydroxylation is 1. The Morgan fingerprint density at radius 2 is 1.46 bits per heavy atom. The summed E-state index contributed by atoms with van der Waals surface area (Å²) < 4.78 is 5.30. The summed E-state index contributed by atoms with van der Waals surface area (Å²) in [5.41, 5.74) is 5.43. The molecule has 9 heteroatoms. The molecule has 0 unspecified atom stereocenters. The van der Waals surface area contributed by atoms with Gasteiger partial charge in [-0.05, 0) is 73.2 Å². The van der Waals surface area contributed by atoms with Crippen LogP contribution in [-0.4, -0.2) is 58.1 Å². The van der Waals surface area contributed by atoms with E-state index in [1.54, 1.807) is 59.9 Å². The molecule has 0 aliphatic carbocycles. The van der Waals surface area contributed by atoms with Crippen molar-refractivity contribution in [1.29, 1.82) is 0 Å². The Morgan fingerprint density at radius 3 is 2.11 bits per heavy atom. The van der Waals surface area contributed by atoms with Gasteiger partial charge in [0.05, 0.1) is 18.9 Å². The van der Waals surface area contributed by atoms with Gasteiger partial charge in [-0.15, -0.1) is 0 Å². The van der Waals surface area contributed by atoms with Gasteiger partial charge in [0.15, 0.2) is 5.82 Å². The first-order valence-corrected chi connectivity index (χ1v) is 12.0. The summed E-state index contributed by atoms with van der Waals surface area (Å²) in [7, 11) is 0. The molecule has 0 atom stereocenters. The van der Waals surface area contributed by atoms with Gasteiger partial charge in [-0.2, -0.15) is 0 Å². The average Bonchev–Trinajstić information content (AvgIpc) is 2.95. The topological polar surface area (TPSA) is 109 Å². The van der Waals surface area contributed by atoms with Gasteiger partial charge in [-0.25, -0.2) is 14.8 Å². The highest BCUT2D eigenvalue weighted by atomic mass is 16.5. The largest absolute Gasteiger partial charge is 0.378 e. The molecule has 37 heavy (non-hydrogen) atoms. The lowest BCUT2D eigenvalue weighted by molar-refractivity contribution is 0.0303. The summed E-state index contributed by atoms with van der Waals surface area (Å²) in [6.45, 7) is 4.25. The highest BCUT2D eigenvalue weighted by Crippen LogP contribution is 2.24.